The third-order valence-corrected chi connectivity index (χ3v) is 6.40. The van der Waals surface area contributed by atoms with E-state index in [1.54, 1.807) is 43.5 Å². The summed E-state index contributed by atoms with van der Waals surface area (Å²) in [6, 6.07) is 18.8. The average Bonchev–Trinajstić information content (AvgIpc) is 3.71. The third-order valence-electron chi connectivity index (χ3n) is 6.40. The summed E-state index contributed by atoms with van der Waals surface area (Å²) in [7, 11) is 1.59. The quantitative estimate of drug-likeness (QED) is 0.372. The Morgan fingerprint density at radius 3 is 2.51 bits per heavy atom. The highest BCUT2D eigenvalue weighted by molar-refractivity contribution is 6.01. The Bertz CT molecular complexity index is 1310. The number of para-hydroxylation sites is 1. The molecule has 1 saturated carbocycles. The van der Waals surface area contributed by atoms with Gasteiger partial charge >= 0.3 is 0 Å². The lowest BCUT2D eigenvalue weighted by Crippen LogP contribution is -2.47. The van der Waals surface area contributed by atoms with Crippen LogP contribution < -0.4 is 15.0 Å². The van der Waals surface area contributed by atoms with Gasteiger partial charge in [-0.2, -0.15) is 4.80 Å². The maximum absolute atomic E-state index is 13.8. The van der Waals surface area contributed by atoms with E-state index in [0.717, 1.165) is 31.2 Å². The molecule has 10 heteroatoms. The summed E-state index contributed by atoms with van der Waals surface area (Å²) in [5.74, 6) is 0.795. The molecule has 1 fully saturated rings. The molecule has 0 saturated heterocycles. The standard InChI is InChI=1S/C27H28N6O4/c1-36-22-15-13-19(14-16-22)26-29-31-32(30-26)18-24(34)33(21-10-3-2-4-11-21)25(23-12-7-17-37-23)27(35)28-20-8-5-6-9-20/h2-4,7,10-17,20,25H,5-6,8-9,18H2,1H3,(H,28,35). The van der Waals surface area contributed by atoms with Gasteiger partial charge in [-0.15, -0.1) is 10.2 Å². The molecule has 2 aromatic heterocycles. The number of ether oxygens (including phenoxy) is 1. The monoisotopic (exact) mass is 500 g/mol. The number of benzene rings is 2. The summed E-state index contributed by atoms with van der Waals surface area (Å²) >= 11 is 0. The minimum absolute atomic E-state index is 0.0849. The van der Waals surface area contributed by atoms with Crippen LogP contribution in [0.4, 0.5) is 5.69 Å². The van der Waals surface area contributed by atoms with Crippen LogP contribution in [0, 0.1) is 0 Å². The summed E-state index contributed by atoms with van der Waals surface area (Å²) in [5, 5.41) is 15.7. The first-order valence-corrected chi connectivity index (χ1v) is 12.3. The zero-order valence-electron chi connectivity index (χ0n) is 20.5. The SMILES string of the molecule is COc1ccc(-c2nnn(CC(=O)N(c3ccccc3)C(C(=O)NC3CCCC3)c3ccco3)n2)cc1. The van der Waals surface area contributed by atoms with Gasteiger partial charge < -0.3 is 14.5 Å². The predicted octanol–water partition coefficient (Wildman–Crippen LogP) is 3.78. The van der Waals surface area contributed by atoms with Crippen LogP contribution in [0.15, 0.2) is 77.4 Å². The summed E-state index contributed by atoms with van der Waals surface area (Å²) in [6.45, 7) is -0.216. The van der Waals surface area contributed by atoms with Crippen molar-refractivity contribution in [3.05, 3.63) is 78.8 Å². The normalized spacial score (nSPS) is 14.3. The summed E-state index contributed by atoms with van der Waals surface area (Å²) in [4.78, 5) is 30.0. The zero-order valence-corrected chi connectivity index (χ0v) is 20.5. The topological polar surface area (TPSA) is 115 Å². The van der Waals surface area contributed by atoms with E-state index < -0.39 is 6.04 Å². The van der Waals surface area contributed by atoms with E-state index in [-0.39, 0.29) is 24.4 Å². The van der Waals surface area contributed by atoms with E-state index in [1.165, 1.54) is 16.0 Å². The Balaban J connectivity index is 1.43. The predicted molar refractivity (Wildman–Crippen MR) is 136 cm³/mol. The van der Waals surface area contributed by atoms with Crippen LogP contribution in [0.1, 0.15) is 37.5 Å². The van der Waals surface area contributed by atoms with Gasteiger partial charge in [0.2, 0.25) is 5.82 Å². The second-order valence-corrected chi connectivity index (χ2v) is 8.88. The summed E-state index contributed by atoms with van der Waals surface area (Å²) in [5.41, 5.74) is 1.30. The Hall–Kier alpha value is -4.47. The largest absolute Gasteiger partial charge is 0.497 e. The van der Waals surface area contributed by atoms with Crippen molar-refractivity contribution in [2.24, 2.45) is 0 Å². The van der Waals surface area contributed by atoms with Gasteiger partial charge in [-0.05, 0) is 66.6 Å². The molecule has 2 amide bonds. The van der Waals surface area contributed by atoms with Crippen LogP contribution >= 0.6 is 0 Å². The van der Waals surface area contributed by atoms with E-state index in [4.69, 9.17) is 9.15 Å². The van der Waals surface area contributed by atoms with Gasteiger partial charge in [-0.1, -0.05) is 31.0 Å². The lowest BCUT2D eigenvalue weighted by atomic mass is 10.1. The number of tetrazole rings is 1. The number of hydrogen-bond acceptors (Lipinski definition) is 7. The lowest BCUT2D eigenvalue weighted by Gasteiger charge is -2.30. The first kappa shape index (κ1) is 24.2. The number of carbonyl (C=O) groups excluding carboxylic acids is 2. The summed E-state index contributed by atoms with van der Waals surface area (Å²) in [6.07, 6.45) is 5.50. The summed E-state index contributed by atoms with van der Waals surface area (Å²) < 4.78 is 10.8. The van der Waals surface area contributed by atoms with Crippen LogP contribution in [0.25, 0.3) is 11.4 Å². The smallest absolute Gasteiger partial charge is 0.251 e. The van der Waals surface area contributed by atoms with Crippen molar-refractivity contribution in [2.75, 3.05) is 12.0 Å². The maximum atomic E-state index is 13.8. The van der Waals surface area contributed by atoms with Gasteiger partial charge in [0.05, 0.1) is 13.4 Å². The van der Waals surface area contributed by atoms with Crippen molar-refractivity contribution >= 4 is 17.5 Å². The van der Waals surface area contributed by atoms with Gasteiger partial charge in [0, 0.05) is 17.3 Å². The number of rotatable bonds is 9. The second-order valence-electron chi connectivity index (χ2n) is 8.88. The highest BCUT2D eigenvalue weighted by atomic mass is 16.5. The fourth-order valence-electron chi connectivity index (χ4n) is 4.56. The number of methoxy groups -OCH3 is 1. The molecule has 4 aromatic rings. The van der Waals surface area contributed by atoms with Crippen LogP contribution in [0.5, 0.6) is 5.75 Å². The molecule has 2 heterocycles. The first-order valence-electron chi connectivity index (χ1n) is 12.3. The lowest BCUT2D eigenvalue weighted by molar-refractivity contribution is -0.128. The maximum Gasteiger partial charge on any atom is 0.251 e. The van der Waals surface area contributed by atoms with Gasteiger partial charge in [0.25, 0.3) is 11.8 Å². The number of nitrogens with zero attached hydrogens (tertiary/aromatic N) is 5. The fourth-order valence-corrected chi connectivity index (χ4v) is 4.56. The second kappa shape index (κ2) is 11.1. The van der Waals surface area contributed by atoms with Crippen molar-refractivity contribution < 1.29 is 18.7 Å². The number of nitrogens with one attached hydrogen (secondary N) is 1. The van der Waals surface area contributed by atoms with Crippen molar-refractivity contribution in [1.82, 2.24) is 25.5 Å². The molecule has 1 N–H and O–H groups in total. The average molecular weight is 501 g/mol. The van der Waals surface area contributed by atoms with Gasteiger partial charge in [-0.25, -0.2) is 0 Å². The van der Waals surface area contributed by atoms with Crippen LogP contribution in [-0.4, -0.2) is 45.2 Å². The number of hydrogen-bond donors (Lipinski definition) is 1. The molecule has 10 nitrogen and oxygen atoms in total. The van der Waals surface area contributed by atoms with Crippen LogP contribution in [-0.2, 0) is 16.1 Å². The minimum Gasteiger partial charge on any atom is -0.497 e. The van der Waals surface area contributed by atoms with Gasteiger partial charge in [0.15, 0.2) is 6.04 Å². The number of amides is 2. The molecule has 1 atom stereocenters. The number of anilines is 1. The molecule has 0 radical (unpaired) electrons. The van der Waals surface area contributed by atoms with E-state index in [9.17, 15) is 9.59 Å². The Kier molecular flexibility index (Phi) is 7.25. The van der Waals surface area contributed by atoms with Crippen molar-refractivity contribution in [1.29, 1.82) is 0 Å². The highest BCUT2D eigenvalue weighted by Crippen LogP contribution is 2.30. The van der Waals surface area contributed by atoms with E-state index in [0.29, 0.717) is 23.0 Å². The molecular formula is C27H28N6O4. The van der Waals surface area contributed by atoms with Crippen molar-refractivity contribution in [2.45, 2.75) is 44.3 Å². The van der Waals surface area contributed by atoms with E-state index in [1.807, 2.05) is 30.3 Å². The number of carbonyl (C=O) groups is 2. The molecule has 0 aliphatic heterocycles. The molecular weight excluding hydrogens is 472 g/mol. The third kappa shape index (κ3) is 5.53. The molecule has 1 unspecified atom stereocenters. The van der Waals surface area contributed by atoms with Gasteiger partial charge in [-0.3, -0.25) is 14.5 Å². The highest BCUT2D eigenvalue weighted by Gasteiger charge is 2.36. The van der Waals surface area contributed by atoms with Crippen LogP contribution in [0.2, 0.25) is 0 Å². The van der Waals surface area contributed by atoms with Crippen LogP contribution in [0.3, 0.4) is 0 Å². The molecule has 37 heavy (non-hydrogen) atoms. The molecule has 5 rings (SSSR count). The van der Waals surface area contributed by atoms with Crippen molar-refractivity contribution in [3.63, 3.8) is 0 Å². The molecule has 190 valence electrons. The Morgan fingerprint density at radius 1 is 1.08 bits per heavy atom. The molecule has 2 aromatic carbocycles. The van der Waals surface area contributed by atoms with Crippen molar-refractivity contribution in [3.8, 4) is 17.1 Å². The minimum atomic E-state index is -0.991. The molecule has 0 bridgehead atoms. The van der Waals surface area contributed by atoms with E-state index >= 15 is 0 Å². The molecule has 1 aliphatic carbocycles. The Labute approximate surface area is 214 Å². The number of furan rings is 1. The van der Waals surface area contributed by atoms with E-state index in [2.05, 4.69) is 20.7 Å². The van der Waals surface area contributed by atoms with Gasteiger partial charge in [0.1, 0.15) is 18.1 Å². The molecule has 1 aliphatic rings. The first-order chi connectivity index (χ1) is 18.1. The fraction of sp³-hybridized carbons (Fsp3) is 0.296. The Morgan fingerprint density at radius 2 is 1.84 bits per heavy atom. The molecule has 0 spiro atoms. The zero-order chi connectivity index (χ0) is 25.6. The number of aromatic nitrogens is 4.